The molecule has 0 aliphatic heterocycles. The number of hydrogen-bond acceptors (Lipinski definition) is 7. The van der Waals surface area contributed by atoms with Crippen molar-refractivity contribution < 1.29 is 14.1 Å². The van der Waals surface area contributed by atoms with Crippen molar-refractivity contribution in [3.8, 4) is 34.2 Å². The number of para-hydroxylation sites is 1. The third kappa shape index (κ3) is 5.90. The molecule has 0 spiro atoms. The quantitative estimate of drug-likeness (QED) is 0.140. The van der Waals surface area contributed by atoms with Gasteiger partial charge in [-0.25, -0.2) is 4.98 Å². The lowest BCUT2D eigenvalue weighted by Crippen LogP contribution is -2.44. The molecular formula is C29H28N4O4SSi. The zero-order valence-electron chi connectivity index (χ0n) is 22.3. The highest BCUT2D eigenvalue weighted by Gasteiger charge is 2.39. The van der Waals surface area contributed by atoms with Crippen molar-refractivity contribution in [3.05, 3.63) is 92.7 Å². The molecule has 1 amide bonds. The Bertz CT molecular complexity index is 1590. The molecule has 0 aliphatic carbocycles. The number of nitriles is 1. The van der Waals surface area contributed by atoms with Crippen molar-refractivity contribution in [3.63, 3.8) is 0 Å². The van der Waals surface area contributed by atoms with Crippen LogP contribution in [0.25, 0.3) is 22.4 Å². The Morgan fingerprint density at radius 1 is 1.08 bits per heavy atom. The van der Waals surface area contributed by atoms with E-state index in [0.717, 1.165) is 0 Å². The fraction of sp³-hybridized carbons (Fsp3) is 0.207. The molecule has 39 heavy (non-hydrogen) atoms. The third-order valence-electron chi connectivity index (χ3n) is 6.81. The second-order valence-corrected chi connectivity index (χ2v) is 16.2. The summed E-state index contributed by atoms with van der Waals surface area (Å²) in [5.74, 6) is 0.306. The standard InChI is InChI=1S/C29H28N4O4SSi/c1-29(2,3)39(4,5)37-25-13-7-6-12-21(25)24-17-22(19-10-8-11-20(16-19)33(35)36)23(18-30)27(31-24)32-28(34)26-14-9-15-38-26/h6-17H,1-5H3,(H,31,32,34). The first-order chi connectivity index (χ1) is 18.4. The van der Waals surface area contributed by atoms with Gasteiger partial charge in [-0.2, -0.15) is 5.26 Å². The second kappa shape index (κ2) is 10.8. The normalized spacial score (nSPS) is 11.5. The lowest BCUT2D eigenvalue weighted by atomic mass is 9.97. The number of hydrogen-bond donors (Lipinski definition) is 1. The molecule has 0 aliphatic rings. The fourth-order valence-corrected chi connectivity index (χ4v) is 5.33. The minimum atomic E-state index is -2.22. The Morgan fingerprint density at radius 3 is 2.46 bits per heavy atom. The zero-order valence-corrected chi connectivity index (χ0v) is 24.1. The van der Waals surface area contributed by atoms with Crippen molar-refractivity contribution in [1.29, 1.82) is 5.26 Å². The van der Waals surface area contributed by atoms with Crippen molar-refractivity contribution in [1.82, 2.24) is 4.98 Å². The third-order valence-corrected chi connectivity index (χ3v) is 12.0. The van der Waals surface area contributed by atoms with Gasteiger partial charge in [0.2, 0.25) is 0 Å². The van der Waals surface area contributed by atoms with Crippen LogP contribution in [0.5, 0.6) is 5.75 Å². The molecule has 0 atom stereocenters. The molecule has 2 aromatic heterocycles. The largest absolute Gasteiger partial charge is 0.543 e. The first kappa shape index (κ1) is 27.7. The Morgan fingerprint density at radius 2 is 1.82 bits per heavy atom. The number of rotatable bonds is 7. The van der Waals surface area contributed by atoms with Gasteiger partial charge in [0.15, 0.2) is 5.82 Å². The number of thiophene rings is 1. The van der Waals surface area contributed by atoms with E-state index in [1.165, 1.54) is 23.5 Å². The number of aromatic nitrogens is 1. The number of anilines is 1. The van der Waals surface area contributed by atoms with E-state index in [1.54, 1.807) is 35.7 Å². The van der Waals surface area contributed by atoms with E-state index in [4.69, 9.17) is 9.41 Å². The van der Waals surface area contributed by atoms with Gasteiger partial charge in [0.1, 0.15) is 17.4 Å². The predicted octanol–water partition coefficient (Wildman–Crippen LogP) is 7.89. The summed E-state index contributed by atoms with van der Waals surface area (Å²) in [7, 11) is -2.22. The Balaban J connectivity index is 1.93. The molecule has 0 saturated heterocycles. The van der Waals surface area contributed by atoms with E-state index in [2.05, 4.69) is 45.3 Å². The molecule has 4 rings (SSSR count). The van der Waals surface area contributed by atoms with Crippen LogP contribution in [0.2, 0.25) is 18.1 Å². The molecule has 0 unspecified atom stereocenters. The smallest absolute Gasteiger partial charge is 0.270 e. The van der Waals surface area contributed by atoms with E-state index in [9.17, 15) is 20.2 Å². The first-order valence-electron chi connectivity index (χ1n) is 12.2. The monoisotopic (exact) mass is 556 g/mol. The van der Waals surface area contributed by atoms with Gasteiger partial charge < -0.3 is 9.74 Å². The van der Waals surface area contributed by atoms with Gasteiger partial charge in [0, 0.05) is 23.3 Å². The Labute approximate surface area is 232 Å². The molecule has 198 valence electrons. The van der Waals surface area contributed by atoms with Gasteiger partial charge in [0.05, 0.1) is 15.5 Å². The Hall–Kier alpha value is -4.33. The number of pyridine rings is 1. The van der Waals surface area contributed by atoms with Gasteiger partial charge in [-0.1, -0.05) is 51.1 Å². The summed E-state index contributed by atoms with van der Waals surface area (Å²) in [4.78, 5) is 29.2. The van der Waals surface area contributed by atoms with Crippen LogP contribution in [-0.4, -0.2) is 24.1 Å². The van der Waals surface area contributed by atoms with Crippen LogP contribution in [0.1, 0.15) is 36.0 Å². The maximum absolute atomic E-state index is 13.0. The van der Waals surface area contributed by atoms with Gasteiger partial charge in [-0.15, -0.1) is 11.3 Å². The fourth-order valence-electron chi connectivity index (χ4n) is 3.67. The average Bonchev–Trinajstić information content (AvgIpc) is 3.43. The molecule has 0 saturated carbocycles. The van der Waals surface area contributed by atoms with E-state index >= 15 is 0 Å². The molecule has 0 radical (unpaired) electrons. The minimum absolute atomic E-state index is 0.0494. The van der Waals surface area contributed by atoms with Crippen LogP contribution in [0.3, 0.4) is 0 Å². The van der Waals surface area contributed by atoms with E-state index in [1.807, 2.05) is 24.3 Å². The van der Waals surface area contributed by atoms with E-state index in [-0.39, 0.29) is 22.1 Å². The molecular weight excluding hydrogens is 528 g/mol. The highest BCUT2D eigenvalue weighted by Crippen LogP contribution is 2.41. The van der Waals surface area contributed by atoms with Crippen molar-refractivity contribution in [2.75, 3.05) is 5.32 Å². The number of amides is 1. The second-order valence-electron chi connectivity index (χ2n) is 10.5. The minimum Gasteiger partial charge on any atom is -0.543 e. The molecule has 10 heteroatoms. The summed E-state index contributed by atoms with van der Waals surface area (Å²) in [5, 5.41) is 26.2. The highest BCUT2D eigenvalue weighted by atomic mass is 32.1. The summed E-state index contributed by atoms with van der Waals surface area (Å²) in [5.41, 5.74) is 2.01. The number of benzene rings is 2. The number of nitrogens with zero attached hydrogens (tertiary/aromatic N) is 3. The van der Waals surface area contributed by atoms with Crippen molar-refractivity contribution in [2.24, 2.45) is 0 Å². The number of carbonyl (C=O) groups excluding carboxylic acids is 1. The van der Waals surface area contributed by atoms with Crippen molar-refractivity contribution >= 4 is 37.1 Å². The maximum Gasteiger partial charge on any atom is 0.270 e. The lowest BCUT2D eigenvalue weighted by Gasteiger charge is -2.37. The summed E-state index contributed by atoms with van der Waals surface area (Å²) >= 11 is 1.27. The van der Waals surface area contributed by atoms with Crippen LogP contribution in [-0.2, 0) is 0 Å². The Kier molecular flexibility index (Phi) is 7.67. The van der Waals surface area contributed by atoms with Crippen LogP contribution in [0.15, 0.2) is 72.1 Å². The molecule has 8 nitrogen and oxygen atoms in total. The average molecular weight is 557 g/mol. The summed E-state index contributed by atoms with van der Waals surface area (Å²) in [6.07, 6.45) is 0. The number of nitro groups is 1. The number of nitro benzene ring substituents is 1. The molecule has 2 aromatic carbocycles. The predicted molar refractivity (Wildman–Crippen MR) is 157 cm³/mol. The van der Waals surface area contributed by atoms with Crippen LogP contribution in [0.4, 0.5) is 11.5 Å². The molecule has 1 N–H and O–H groups in total. The maximum atomic E-state index is 13.0. The van der Waals surface area contributed by atoms with Crippen LogP contribution in [0, 0.1) is 21.4 Å². The summed E-state index contributed by atoms with van der Waals surface area (Å²) in [6.45, 7) is 10.8. The first-order valence-corrected chi connectivity index (χ1v) is 16.0. The van der Waals surface area contributed by atoms with Gasteiger partial charge in [-0.05, 0) is 53.3 Å². The molecule has 4 aromatic rings. The van der Waals surface area contributed by atoms with Crippen molar-refractivity contribution in [2.45, 2.75) is 38.9 Å². The SMILES string of the molecule is CC(C)(C)[Si](C)(C)Oc1ccccc1-c1cc(-c2cccc([N+](=O)[O-])c2)c(C#N)c(NC(=O)c2cccs2)n1. The number of carbonyl (C=O) groups is 1. The zero-order chi connectivity index (χ0) is 28.4. The topological polar surface area (TPSA) is 118 Å². The summed E-state index contributed by atoms with van der Waals surface area (Å²) < 4.78 is 6.64. The number of nitrogens with one attached hydrogen (secondary N) is 1. The molecule has 0 bridgehead atoms. The van der Waals surface area contributed by atoms with Gasteiger partial charge in [-0.3, -0.25) is 14.9 Å². The van der Waals surface area contributed by atoms with E-state index < -0.39 is 19.1 Å². The highest BCUT2D eigenvalue weighted by molar-refractivity contribution is 7.12. The van der Waals surface area contributed by atoms with E-state index in [0.29, 0.717) is 33.0 Å². The van der Waals surface area contributed by atoms with Crippen LogP contribution < -0.4 is 9.74 Å². The molecule has 2 heterocycles. The number of non-ortho nitro benzene ring substituents is 1. The van der Waals surface area contributed by atoms with Gasteiger partial charge >= 0.3 is 0 Å². The van der Waals surface area contributed by atoms with Gasteiger partial charge in [0.25, 0.3) is 19.9 Å². The van der Waals surface area contributed by atoms with Crippen LogP contribution >= 0.6 is 11.3 Å². The molecule has 0 fully saturated rings. The summed E-state index contributed by atoms with van der Waals surface area (Å²) in [6, 6.07) is 20.9. The lowest BCUT2D eigenvalue weighted by molar-refractivity contribution is -0.384.